The first kappa shape index (κ1) is 11.9. The highest BCUT2D eigenvalue weighted by Gasteiger charge is 2.07. The highest BCUT2D eigenvalue weighted by atomic mass is 32.1. The number of hydrogen-bond donors (Lipinski definition) is 2. The first-order valence-corrected chi connectivity index (χ1v) is 6.07. The van der Waals surface area contributed by atoms with Gasteiger partial charge in [0.2, 0.25) is 0 Å². The van der Waals surface area contributed by atoms with Gasteiger partial charge in [0.1, 0.15) is 10.8 Å². The number of rotatable bonds is 3. The predicted octanol–water partition coefficient (Wildman–Crippen LogP) is 2.97. The molecule has 0 aliphatic rings. The summed E-state index contributed by atoms with van der Waals surface area (Å²) < 4.78 is 13.7. The van der Waals surface area contributed by atoms with Gasteiger partial charge in [-0.05, 0) is 25.1 Å². The van der Waals surface area contributed by atoms with Crippen molar-refractivity contribution in [3.05, 3.63) is 40.7 Å². The number of benzene rings is 1. The Labute approximate surface area is 107 Å². The molecular weight excluding hydrogens is 257 g/mol. The maximum atomic E-state index is 13.7. The second-order valence-corrected chi connectivity index (χ2v) is 5.13. The molecular formula is C11H10FN3S2. The Morgan fingerprint density at radius 3 is 2.82 bits per heavy atom. The lowest BCUT2D eigenvalue weighted by Crippen LogP contribution is -2.09. The fourth-order valence-electron chi connectivity index (χ4n) is 1.30. The molecule has 0 spiro atoms. The van der Waals surface area contributed by atoms with Crippen molar-refractivity contribution in [2.45, 2.75) is 6.92 Å². The van der Waals surface area contributed by atoms with Crippen LogP contribution in [0.2, 0.25) is 0 Å². The average molecular weight is 267 g/mol. The highest BCUT2D eigenvalue weighted by Crippen LogP contribution is 2.24. The molecule has 0 aliphatic carbocycles. The molecule has 0 saturated carbocycles. The number of nitrogens with two attached hydrogens (primary N) is 1. The van der Waals surface area contributed by atoms with E-state index in [1.54, 1.807) is 18.3 Å². The van der Waals surface area contributed by atoms with E-state index in [-0.39, 0.29) is 4.99 Å². The molecule has 2 rings (SSSR count). The van der Waals surface area contributed by atoms with Gasteiger partial charge in [0, 0.05) is 16.6 Å². The first-order valence-electron chi connectivity index (χ1n) is 4.85. The third kappa shape index (κ3) is 2.78. The van der Waals surface area contributed by atoms with Gasteiger partial charge in [0.15, 0.2) is 5.13 Å². The molecule has 0 fully saturated rings. The van der Waals surface area contributed by atoms with E-state index in [0.717, 1.165) is 4.88 Å². The molecule has 2 aromatic rings. The third-order valence-corrected chi connectivity index (χ3v) is 3.18. The highest BCUT2D eigenvalue weighted by molar-refractivity contribution is 7.80. The number of hydrogen-bond acceptors (Lipinski definition) is 4. The van der Waals surface area contributed by atoms with Crippen LogP contribution in [0, 0.1) is 12.7 Å². The van der Waals surface area contributed by atoms with Crippen molar-refractivity contribution in [3.63, 3.8) is 0 Å². The summed E-state index contributed by atoms with van der Waals surface area (Å²) in [7, 11) is 0. The zero-order valence-electron chi connectivity index (χ0n) is 9.03. The lowest BCUT2D eigenvalue weighted by atomic mass is 10.2. The second kappa shape index (κ2) is 4.77. The van der Waals surface area contributed by atoms with Gasteiger partial charge in [-0.2, -0.15) is 0 Å². The number of thiazole rings is 1. The Morgan fingerprint density at radius 1 is 1.53 bits per heavy atom. The van der Waals surface area contributed by atoms with Crippen LogP contribution in [0.5, 0.6) is 0 Å². The van der Waals surface area contributed by atoms with E-state index >= 15 is 0 Å². The molecule has 3 nitrogen and oxygen atoms in total. The smallest absolute Gasteiger partial charge is 0.187 e. The number of nitrogens with zero attached hydrogens (tertiary/aromatic N) is 1. The Hall–Kier alpha value is -1.53. The largest absolute Gasteiger partial charge is 0.389 e. The molecule has 0 bridgehead atoms. The Morgan fingerprint density at radius 2 is 2.29 bits per heavy atom. The molecule has 17 heavy (non-hydrogen) atoms. The molecule has 0 atom stereocenters. The van der Waals surface area contributed by atoms with Gasteiger partial charge < -0.3 is 11.1 Å². The standard InChI is InChI=1S/C11H10FN3S2/c1-6-5-14-11(17-6)15-9-3-2-7(10(13)16)4-8(9)12/h2-5H,1H3,(H2,13,16)(H,14,15). The summed E-state index contributed by atoms with van der Waals surface area (Å²) in [4.78, 5) is 5.34. The van der Waals surface area contributed by atoms with Crippen molar-refractivity contribution in [2.24, 2.45) is 5.73 Å². The molecule has 1 aromatic carbocycles. The Kier molecular flexibility index (Phi) is 3.35. The number of aromatic nitrogens is 1. The van der Waals surface area contributed by atoms with Gasteiger partial charge in [-0.15, -0.1) is 11.3 Å². The lowest BCUT2D eigenvalue weighted by Gasteiger charge is -2.05. The molecule has 1 heterocycles. The van der Waals surface area contributed by atoms with Gasteiger partial charge in [0.25, 0.3) is 0 Å². The van der Waals surface area contributed by atoms with E-state index in [4.69, 9.17) is 18.0 Å². The van der Waals surface area contributed by atoms with Crippen LogP contribution >= 0.6 is 23.6 Å². The molecule has 88 valence electrons. The van der Waals surface area contributed by atoms with E-state index in [2.05, 4.69) is 10.3 Å². The zero-order valence-corrected chi connectivity index (χ0v) is 10.7. The summed E-state index contributed by atoms with van der Waals surface area (Å²) >= 11 is 6.24. The maximum absolute atomic E-state index is 13.7. The minimum Gasteiger partial charge on any atom is -0.389 e. The second-order valence-electron chi connectivity index (χ2n) is 3.46. The number of nitrogens with one attached hydrogen (secondary N) is 1. The van der Waals surface area contributed by atoms with Crippen LogP contribution in [0.1, 0.15) is 10.4 Å². The third-order valence-electron chi connectivity index (χ3n) is 2.12. The molecule has 0 unspecified atom stereocenters. The van der Waals surface area contributed by atoms with Crippen LogP contribution in [-0.2, 0) is 0 Å². The monoisotopic (exact) mass is 267 g/mol. The van der Waals surface area contributed by atoms with Gasteiger partial charge in [-0.1, -0.05) is 12.2 Å². The van der Waals surface area contributed by atoms with Crippen LogP contribution < -0.4 is 11.1 Å². The summed E-state index contributed by atoms with van der Waals surface area (Å²) in [6, 6.07) is 4.58. The molecule has 0 saturated heterocycles. The molecule has 0 amide bonds. The minimum atomic E-state index is -0.400. The summed E-state index contributed by atoms with van der Waals surface area (Å²) in [6.07, 6.45) is 1.73. The van der Waals surface area contributed by atoms with E-state index in [9.17, 15) is 4.39 Å². The summed E-state index contributed by atoms with van der Waals surface area (Å²) in [5, 5.41) is 3.56. The summed E-state index contributed by atoms with van der Waals surface area (Å²) in [5.74, 6) is -0.400. The minimum absolute atomic E-state index is 0.181. The maximum Gasteiger partial charge on any atom is 0.187 e. The van der Waals surface area contributed by atoms with Crippen LogP contribution in [0.25, 0.3) is 0 Å². The van der Waals surface area contributed by atoms with Crippen molar-refractivity contribution in [1.29, 1.82) is 0 Å². The van der Waals surface area contributed by atoms with E-state index < -0.39 is 5.82 Å². The number of thiocarbonyl (C=S) groups is 1. The molecule has 0 radical (unpaired) electrons. The zero-order chi connectivity index (χ0) is 12.4. The molecule has 1 aromatic heterocycles. The van der Waals surface area contributed by atoms with Crippen molar-refractivity contribution in [3.8, 4) is 0 Å². The Bertz CT molecular complexity index is 566. The number of anilines is 2. The SMILES string of the molecule is Cc1cnc(Nc2ccc(C(N)=S)cc2F)s1. The van der Waals surface area contributed by atoms with Gasteiger partial charge >= 0.3 is 0 Å². The van der Waals surface area contributed by atoms with Gasteiger partial charge in [0.05, 0.1) is 5.69 Å². The van der Waals surface area contributed by atoms with Crippen LogP contribution in [-0.4, -0.2) is 9.97 Å². The fraction of sp³-hybridized carbons (Fsp3) is 0.0909. The van der Waals surface area contributed by atoms with E-state index in [1.165, 1.54) is 17.4 Å². The van der Waals surface area contributed by atoms with Gasteiger partial charge in [-0.25, -0.2) is 9.37 Å². The lowest BCUT2D eigenvalue weighted by molar-refractivity contribution is 0.631. The van der Waals surface area contributed by atoms with E-state index in [1.807, 2.05) is 6.92 Å². The number of aryl methyl sites for hydroxylation is 1. The summed E-state index contributed by atoms with van der Waals surface area (Å²) in [6.45, 7) is 1.94. The quantitative estimate of drug-likeness (QED) is 0.839. The van der Waals surface area contributed by atoms with Crippen molar-refractivity contribution in [1.82, 2.24) is 4.98 Å². The average Bonchev–Trinajstić information content (AvgIpc) is 2.67. The van der Waals surface area contributed by atoms with Crippen LogP contribution in [0.15, 0.2) is 24.4 Å². The van der Waals surface area contributed by atoms with Gasteiger partial charge in [-0.3, -0.25) is 0 Å². The molecule has 3 N–H and O–H groups in total. The molecule has 6 heteroatoms. The normalized spacial score (nSPS) is 10.2. The van der Waals surface area contributed by atoms with Crippen LogP contribution in [0.3, 0.4) is 0 Å². The predicted molar refractivity (Wildman–Crippen MR) is 72.4 cm³/mol. The topological polar surface area (TPSA) is 50.9 Å². The van der Waals surface area contributed by atoms with Crippen molar-refractivity contribution < 1.29 is 4.39 Å². The van der Waals surface area contributed by atoms with E-state index in [0.29, 0.717) is 16.4 Å². The van der Waals surface area contributed by atoms with Crippen molar-refractivity contribution >= 4 is 39.4 Å². The number of halogens is 1. The summed E-state index contributed by atoms with van der Waals surface area (Å²) in [5.41, 5.74) is 6.30. The van der Waals surface area contributed by atoms with Crippen LogP contribution in [0.4, 0.5) is 15.2 Å². The van der Waals surface area contributed by atoms with Crippen molar-refractivity contribution in [2.75, 3.05) is 5.32 Å². The fourth-order valence-corrected chi connectivity index (χ4v) is 2.10. The molecule has 0 aliphatic heterocycles. The Balaban J connectivity index is 2.25. The first-order chi connectivity index (χ1) is 8.06.